The third-order valence-electron chi connectivity index (χ3n) is 9.50. The Hall–Kier alpha value is -6.23. The molecule has 0 aliphatic carbocycles. The quantitative estimate of drug-likeness (QED) is 0.180. The summed E-state index contributed by atoms with van der Waals surface area (Å²) in [7, 11) is 0. The second-order valence-corrected chi connectivity index (χ2v) is 13.4. The average Bonchev–Trinajstić information content (AvgIpc) is 3.57. The van der Waals surface area contributed by atoms with Crippen LogP contribution in [0.15, 0.2) is 164 Å². The Kier molecular flexibility index (Phi) is 6.36. The van der Waals surface area contributed by atoms with Gasteiger partial charge in [0.1, 0.15) is 0 Å². The fraction of sp³-hybridized carbons (Fsp3) is 0. The minimum atomic E-state index is 0.653. The van der Waals surface area contributed by atoms with Crippen LogP contribution in [0.5, 0.6) is 0 Å². The fourth-order valence-electron chi connectivity index (χ4n) is 7.18. The third-order valence-corrected chi connectivity index (χ3v) is 10.7. The van der Waals surface area contributed by atoms with Crippen molar-refractivity contribution in [1.29, 1.82) is 0 Å². The smallest absolute Gasteiger partial charge is 0.164 e. The van der Waals surface area contributed by atoms with Crippen molar-refractivity contribution in [3.8, 4) is 45.3 Å². The number of thiophene rings is 1. The monoisotopic (exact) mass is 641 g/mol. The van der Waals surface area contributed by atoms with E-state index in [2.05, 4.69) is 146 Å². The minimum absolute atomic E-state index is 0.653. The number of hydrogen-bond donors (Lipinski definition) is 0. The molecule has 10 aromatic rings. The molecule has 0 N–H and O–H groups in total. The van der Waals surface area contributed by atoms with E-state index >= 15 is 0 Å². The predicted molar refractivity (Wildman–Crippen MR) is 207 cm³/mol. The molecular weight excluding hydrogens is 615 g/mol. The van der Waals surface area contributed by atoms with Gasteiger partial charge in [-0.15, -0.1) is 11.3 Å². The van der Waals surface area contributed by atoms with E-state index in [4.69, 9.17) is 15.0 Å². The normalized spacial score (nSPS) is 11.7. The lowest BCUT2D eigenvalue weighted by atomic mass is 9.93. The Morgan fingerprint density at radius 3 is 1.86 bits per heavy atom. The molecule has 0 spiro atoms. The van der Waals surface area contributed by atoms with E-state index in [0.29, 0.717) is 17.5 Å². The maximum atomic E-state index is 5.18. The first-order valence-electron chi connectivity index (χ1n) is 16.4. The SMILES string of the molecule is c1ccc(-c2nc(-c3ccc4ccccc4c3)nc(-c3ccccc3-c3cccc4sc5c(ccc6ccc7ccccc7c65)c34)n2)cc1. The van der Waals surface area contributed by atoms with Crippen LogP contribution in [0.3, 0.4) is 0 Å². The molecule has 4 heteroatoms. The second-order valence-electron chi connectivity index (χ2n) is 12.4. The fourth-order valence-corrected chi connectivity index (χ4v) is 8.48. The molecular formula is C45H27N3S. The van der Waals surface area contributed by atoms with Crippen LogP contribution in [0.4, 0.5) is 0 Å². The van der Waals surface area contributed by atoms with E-state index in [9.17, 15) is 0 Å². The summed E-state index contributed by atoms with van der Waals surface area (Å²) in [6.07, 6.45) is 0. The van der Waals surface area contributed by atoms with Gasteiger partial charge >= 0.3 is 0 Å². The van der Waals surface area contributed by atoms with Gasteiger partial charge in [-0.1, -0.05) is 152 Å². The Balaban J connectivity index is 1.22. The molecule has 0 aliphatic rings. The van der Waals surface area contributed by atoms with Gasteiger partial charge < -0.3 is 0 Å². The first-order chi connectivity index (χ1) is 24.3. The molecule has 0 aliphatic heterocycles. The molecule has 2 heterocycles. The third kappa shape index (κ3) is 4.61. The van der Waals surface area contributed by atoms with Gasteiger partial charge in [0.05, 0.1) is 0 Å². The summed E-state index contributed by atoms with van der Waals surface area (Å²) in [5.41, 5.74) is 5.16. The number of hydrogen-bond acceptors (Lipinski definition) is 4. The van der Waals surface area contributed by atoms with E-state index in [-0.39, 0.29) is 0 Å². The largest absolute Gasteiger partial charge is 0.208 e. The topological polar surface area (TPSA) is 38.7 Å². The average molecular weight is 642 g/mol. The molecule has 0 atom stereocenters. The van der Waals surface area contributed by atoms with Crippen LogP contribution in [0.2, 0.25) is 0 Å². The van der Waals surface area contributed by atoms with Crippen LogP contribution in [0.25, 0.3) is 97.8 Å². The summed E-state index contributed by atoms with van der Waals surface area (Å²) in [6.45, 7) is 0. The summed E-state index contributed by atoms with van der Waals surface area (Å²) >= 11 is 1.88. The zero-order valence-electron chi connectivity index (χ0n) is 26.3. The van der Waals surface area contributed by atoms with E-state index in [0.717, 1.165) is 27.6 Å². The highest BCUT2D eigenvalue weighted by Crippen LogP contribution is 2.46. The molecule has 3 nitrogen and oxygen atoms in total. The van der Waals surface area contributed by atoms with Gasteiger partial charge in [0.2, 0.25) is 0 Å². The molecule has 8 aromatic carbocycles. The van der Waals surface area contributed by atoms with Crippen LogP contribution in [-0.4, -0.2) is 15.0 Å². The van der Waals surface area contributed by atoms with Crippen LogP contribution in [-0.2, 0) is 0 Å². The maximum absolute atomic E-state index is 5.18. The lowest BCUT2D eigenvalue weighted by Crippen LogP contribution is -2.01. The van der Waals surface area contributed by atoms with Crippen molar-refractivity contribution in [2.24, 2.45) is 0 Å². The van der Waals surface area contributed by atoms with Crippen molar-refractivity contribution in [2.75, 3.05) is 0 Å². The highest BCUT2D eigenvalue weighted by molar-refractivity contribution is 7.27. The van der Waals surface area contributed by atoms with Crippen LogP contribution in [0, 0.1) is 0 Å². The first-order valence-corrected chi connectivity index (χ1v) is 17.3. The van der Waals surface area contributed by atoms with Gasteiger partial charge in [-0.2, -0.15) is 0 Å². The van der Waals surface area contributed by atoms with Gasteiger partial charge in [-0.25, -0.2) is 15.0 Å². The van der Waals surface area contributed by atoms with Crippen molar-refractivity contribution < 1.29 is 0 Å². The lowest BCUT2D eigenvalue weighted by Gasteiger charge is -2.13. The zero-order chi connectivity index (χ0) is 32.3. The van der Waals surface area contributed by atoms with Crippen molar-refractivity contribution in [3.63, 3.8) is 0 Å². The van der Waals surface area contributed by atoms with Gasteiger partial charge in [0, 0.05) is 42.2 Å². The Bertz CT molecular complexity index is 2890. The summed E-state index contributed by atoms with van der Waals surface area (Å²) in [5, 5.41) is 10.0. The molecule has 0 unspecified atom stereocenters. The van der Waals surface area contributed by atoms with Crippen molar-refractivity contribution >= 4 is 63.8 Å². The van der Waals surface area contributed by atoms with Gasteiger partial charge in [0.15, 0.2) is 17.5 Å². The zero-order valence-corrected chi connectivity index (χ0v) is 27.2. The molecule has 10 rings (SSSR count). The van der Waals surface area contributed by atoms with E-state index in [1.807, 2.05) is 29.5 Å². The molecule has 0 saturated carbocycles. The summed E-state index contributed by atoms with van der Waals surface area (Å²) in [6, 6.07) is 57.9. The summed E-state index contributed by atoms with van der Waals surface area (Å²) < 4.78 is 2.58. The number of benzene rings is 8. The lowest BCUT2D eigenvalue weighted by molar-refractivity contribution is 1.07. The van der Waals surface area contributed by atoms with E-state index in [1.54, 1.807) is 0 Å². The standard InChI is InChI=1S/C45H27N3S/c1-2-13-31(14-3-1)43-46-44(33-24-21-28-11-4-5-15-32(28)27-33)48-45(47-43)37-18-9-8-17-35(37)36-19-10-20-39-41(36)38-26-25-30-23-22-29-12-6-7-16-34(29)40(30)42(38)49-39/h1-27H. The minimum Gasteiger partial charge on any atom is -0.208 e. The number of aromatic nitrogens is 3. The summed E-state index contributed by atoms with van der Waals surface area (Å²) in [5.74, 6) is 1.96. The van der Waals surface area contributed by atoms with Gasteiger partial charge in [-0.3, -0.25) is 0 Å². The second kappa shape index (κ2) is 11.2. The predicted octanol–water partition coefficient (Wildman–Crippen LogP) is 12.4. The van der Waals surface area contributed by atoms with Crippen molar-refractivity contribution in [3.05, 3.63) is 164 Å². The Labute approximate surface area is 286 Å². The number of rotatable bonds is 4. The Morgan fingerprint density at radius 1 is 0.347 bits per heavy atom. The van der Waals surface area contributed by atoms with Crippen molar-refractivity contribution in [1.82, 2.24) is 15.0 Å². The van der Waals surface area contributed by atoms with Crippen LogP contribution < -0.4 is 0 Å². The highest BCUT2D eigenvalue weighted by atomic mass is 32.1. The van der Waals surface area contributed by atoms with Gasteiger partial charge in [0.25, 0.3) is 0 Å². The van der Waals surface area contributed by atoms with E-state index in [1.165, 1.54) is 52.7 Å². The molecule has 0 fully saturated rings. The van der Waals surface area contributed by atoms with Crippen molar-refractivity contribution in [2.45, 2.75) is 0 Å². The number of fused-ring (bicyclic) bond motifs is 8. The Morgan fingerprint density at radius 2 is 0.980 bits per heavy atom. The molecule has 0 bridgehead atoms. The highest BCUT2D eigenvalue weighted by Gasteiger charge is 2.19. The van der Waals surface area contributed by atoms with Crippen LogP contribution in [0.1, 0.15) is 0 Å². The maximum Gasteiger partial charge on any atom is 0.164 e. The molecule has 2 aromatic heterocycles. The molecule has 49 heavy (non-hydrogen) atoms. The van der Waals surface area contributed by atoms with Gasteiger partial charge in [-0.05, 0) is 50.2 Å². The molecule has 0 radical (unpaired) electrons. The van der Waals surface area contributed by atoms with Crippen LogP contribution >= 0.6 is 11.3 Å². The van der Waals surface area contributed by atoms with E-state index < -0.39 is 0 Å². The first kappa shape index (κ1) is 27.8. The molecule has 0 saturated heterocycles. The molecule has 0 amide bonds. The number of nitrogens with zero attached hydrogens (tertiary/aromatic N) is 3. The molecule has 228 valence electrons. The summed E-state index contributed by atoms with van der Waals surface area (Å²) in [4.78, 5) is 15.3.